The lowest BCUT2D eigenvalue weighted by molar-refractivity contribution is -0.109. The summed E-state index contributed by atoms with van der Waals surface area (Å²) in [4.78, 5) is 22.1. The van der Waals surface area contributed by atoms with Gasteiger partial charge >= 0.3 is 5.97 Å². The first-order valence-corrected chi connectivity index (χ1v) is 6.72. The van der Waals surface area contributed by atoms with Gasteiger partial charge < -0.3 is 15.6 Å². The molecule has 104 valence electrons. The number of rotatable bonds is 5. The average molecular weight is 312 g/mol. The molecule has 0 saturated heterocycles. The molecule has 0 bridgehead atoms. The molecule has 0 aliphatic rings. The fraction of sp³-hybridized carbons (Fsp3) is 0.0769. The summed E-state index contributed by atoms with van der Waals surface area (Å²) in [5, 5.41) is 9.33. The van der Waals surface area contributed by atoms with E-state index in [1.165, 1.54) is 0 Å². The Kier molecular flexibility index (Phi) is 4.26. The van der Waals surface area contributed by atoms with Crippen molar-refractivity contribution in [1.82, 2.24) is 0 Å². The van der Waals surface area contributed by atoms with Crippen LogP contribution in [0.4, 0.5) is 5.69 Å². The number of hydrogen-bond acceptors (Lipinski definition) is 5. The second-order valence-corrected chi connectivity index (χ2v) is 5.21. The van der Waals surface area contributed by atoms with Crippen LogP contribution in [-0.4, -0.2) is 24.0 Å². The summed E-state index contributed by atoms with van der Waals surface area (Å²) in [7, 11) is 0. The molecule has 0 aliphatic heterocycles. The lowest BCUT2D eigenvalue weighted by atomic mass is 10.1. The van der Waals surface area contributed by atoms with Gasteiger partial charge in [-0.1, -0.05) is 23.7 Å². The third-order valence-corrected chi connectivity index (χ3v) is 4.13. The first-order valence-electron chi connectivity index (χ1n) is 5.52. The molecule has 0 unspecified atom stereocenters. The third-order valence-electron chi connectivity index (χ3n) is 2.45. The number of carbonyl (C=O) groups excluding carboxylic acids is 1. The summed E-state index contributed by atoms with van der Waals surface area (Å²) in [6.45, 7) is -0.257. The Morgan fingerprint density at radius 2 is 2.25 bits per heavy atom. The Hall–Kier alpha value is -2.05. The molecule has 0 saturated carbocycles. The predicted molar refractivity (Wildman–Crippen MR) is 77.7 cm³/mol. The monoisotopic (exact) mass is 311 g/mol. The molecule has 7 heteroatoms. The highest BCUT2D eigenvalue weighted by Gasteiger charge is 2.23. The zero-order valence-electron chi connectivity index (χ0n) is 10.1. The number of halogens is 1. The van der Waals surface area contributed by atoms with Crippen LogP contribution in [-0.2, 0) is 4.79 Å². The van der Waals surface area contributed by atoms with Gasteiger partial charge in [-0.05, 0) is 17.7 Å². The Morgan fingerprint density at radius 3 is 2.85 bits per heavy atom. The minimum atomic E-state index is -1.16. The fourth-order valence-corrected chi connectivity index (χ4v) is 3.05. The molecular weight excluding hydrogens is 302 g/mol. The number of carboxylic acid groups (broad SMARTS) is 1. The second kappa shape index (κ2) is 5.94. The van der Waals surface area contributed by atoms with Crippen LogP contribution in [0, 0.1) is 0 Å². The molecule has 2 aromatic rings. The Labute approximate surface area is 123 Å². The van der Waals surface area contributed by atoms with Crippen LogP contribution in [0.15, 0.2) is 24.3 Å². The van der Waals surface area contributed by atoms with Gasteiger partial charge in [0.1, 0.15) is 11.6 Å². The van der Waals surface area contributed by atoms with E-state index in [9.17, 15) is 9.59 Å². The number of nitrogens with two attached hydrogens (primary N) is 1. The van der Waals surface area contributed by atoms with Gasteiger partial charge in [-0.3, -0.25) is 4.79 Å². The van der Waals surface area contributed by atoms with Crippen LogP contribution in [0.2, 0.25) is 5.02 Å². The number of aldehydes is 1. The Bertz CT molecular complexity index is 668. The average Bonchev–Trinajstić information content (AvgIpc) is 2.74. The molecule has 0 atom stereocenters. The van der Waals surface area contributed by atoms with Crippen molar-refractivity contribution in [3.63, 3.8) is 0 Å². The van der Waals surface area contributed by atoms with Crippen LogP contribution in [0.3, 0.4) is 0 Å². The van der Waals surface area contributed by atoms with E-state index < -0.39 is 5.97 Å². The fourth-order valence-electron chi connectivity index (χ4n) is 1.65. The maximum Gasteiger partial charge on any atom is 0.349 e. The summed E-state index contributed by atoms with van der Waals surface area (Å²) >= 11 is 7.14. The van der Waals surface area contributed by atoms with Gasteiger partial charge in [0.25, 0.3) is 0 Å². The van der Waals surface area contributed by atoms with Gasteiger partial charge in [-0.15, -0.1) is 11.3 Å². The van der Waals surface area contributed by atoms with Crippen molar-refractivity contribution in [3.8, 4) is 16.2 Å². The molecule has 2 rings (SSSR count). The largest absolute Gasteiger partial charge is 0.483 e. The van der Waals surface area contributed by atoms with Crippen molar-refractivity contribution in [1.29, 1.82) is 0 Å². The summed E-state index contributed by atoms with van der Waals surface area (Å²) in [5.74, 6) is -1.15. The van der Waals surface area contributed by atoms with Gasteiger partial charge in [-0.2, -0.15) is 0 Å². The molecular formula is C13H10ClNO4S. The smallest absolute Gasteiger partial charge is 0.349 e. The van der Waals surface area contributed by atoms with E-state index in [-0.39, 0.29) is 22.3 Å². The first kappa shape index (κ1) is 14.4. The van der Waals surface area contributed by atoms with E-state index in [1.807, 2.05) is 0 Å². The van der Waals surface area contributed by atoms with E-state index in [2.05, 4.69) is 0 Å². The number of ether oxygens (including phenoxy) is 1. The normalized spacial score (nSPS) is 10.2. The summed E-state index contributed by atoms with van der Waals surface area (Å²) in [6.07, 6.45) is 0.528. The highest BCUT2D eigenvalue weighted by molar-refractivity contribution is 7.18. The summed E-state index contributed by atoms with van der Waals surface area (Å²) in [5.41, 5.74) is 6.94. The van der Waals surface area contributed by atoms with Crippen LogP contribution in [0.25, 0.3) is 10.4 Å². The minimum Gasteiger partial charge on any atom is -0.483 e. The highest BCUT2D eigenvalue weighted by atomic mass is 35.5. The van der Waals surface area contributed by atoms with Crippen molar-refractivity contribution < 1.29 is 19.4 Å². The second-order valence-electron chi connectivity index (χ2n) is 3.81. The molecule has 1 aromatic heterocycles. The highest BCUT2D eigenvalue weighted by Crippen LogP contribution is 2.45. The molecule has 0 spiro atoms. The number of nitrogen functional groups attached to an aromatic ring is 1. The molecule has 5 nitrogen and oxygen atoms in total. The molecule has 3 N–H and O–H groups in total. The van der Waals surface area contributed by atoms with Crippen LogP contribution in [0.5, 0.6) is 5.75 Å². The third kappa shape index (κ3) is 2.76. The minimum absolute atomic E-state index is 0.00805. The zero-order chi connectivity index (χ0) is 14.7. The number of carbonyl (C=O) groups is 2. The van der Waals surface area contributed by atoms with Crippen molar-refractivity contribution in [2.75, 3.05) is 12.3 Å². The van der Waals surface area contributed by atoms with Gasteiger partial charge in [0, 0.05) is 5.69 Å². The van der Waals surface area contributed by atoms with E-state index in [4.69, 9.17) is 27.2 Å². The molecule has 0 radical (unpaired) electrons. The van der Waals surface area contributed by atoms with Gasteiger partial charge in [0.15, 0.2) is 16.9 Å². The molecule has 20 heavy (non-hydrogen) atoms. The standard InChI is InChI=1S/C13H10ClNO4S/c14-9-10(19-5-4-16)12(13(17)18)20-11(9)7-2-1-3-8(15)6-7/h1-4,6H,5,15H2,(H,17,18). The lowest BCUT2D eigenvalue weighted by Gasteiger charge is -2.02. The van der Waals surface area contributed by atoms with Gasteiger partial charge in [0.05, 0.1) is 4.88 Å². The summed E-state index contributed by atoms with van der Waals surface area (Å²) in [6, 6.07) is 6.91. The number of anilines is 1. The SMILES string of the molecule is Nc1cccc(-c2sc(C(=O)O)c(OCC=O)c2Cl)c1. The van der Waals surface area contributed by atoms with Crippen LogP contribution < -0.4 is 10.5 Å². The number of benzene rings is 1. The number of hydrogen-bond donors (Lipinski definition) is 2. The van der Waals surface area contributed by atoms with Gasteiger partial charge in [0.2, 0.25) is 0 Å². The van der Waals surface area contributed by atoms with Crippen LogP contribution >= 0.6 is 22.9 Å². The lowest BCUT2D eigenvalue weighted by Crippen LogP contribution is -2.02. The number of aromatic carboxylic acids is 1. The first-order chi connectivity index (χ1) is 9.54. The molecule has 1 heterocycles. The number of carboxylic acids is 1. The molecule has 0 aliphatic carbocycles. The number of thiophene rings is 1. The van der Waals surface area contributed by atoms with Crippen molar-refractivity contribution in [2.45, 2.75) is 0 Å². The molecule has 0 fully saturated rings. The van der Waals surface area contributed by atoms with Crippen LogP contribution in [0.1, 0.15) is 9.67 Å². The molecule has 0 amide bonds. The Morgan fingerprint density at radius 1 is 1.50 bits per heavy atom. The predicted octanol–water partition coefficient (Wildman–Crippen LogP) is 2.93. The van der Waals surface area contributed by atoms with Crippen molar-refractivity contribution in [3.05, 3.63) is 34.2 Å². The van der Waals surface area contributed by atoms with E-state index >= 15 is 0 Å². The van der Waals surface area contributed by atoms with Gasteiger partial charge in [-0.25, -0.2) is 4.79 Å². The van der Waals surface area contributed by atoms with E-state index in [1.54, 1.807) is 24.3 Å². The summed E-state index contributed by atoms with van der Waals surface area (Å²) < 4.78 is 5.11. The Balaban J connectivity index is 2.54. The maximum absolute atomic E-state index is 11.2. The molecule has 1 aromatic carbocycles. The van der Waals surface area contributed by atoms with E-state index in [0.717, 1.165) is 11.3 Å². The quantitative estimate of drug-likeness (QED) is 0.654. The van der Waals surface area contributed by atoms with Crippen molar-refractivity contribution in [2.24, 2.45) is 0 Å². The topological polar surface area (TPSA) is 89.6 Å². The van der Waals surface area contributed by atoms with E-state index in [0.29, 0.717) is 22.4 Å². The maximum atomic E-state index is 11.2. The van der Waals surface area contributed by atoms with Crippen molar-refractivity contribution >= 4 is 40.9 Å². The zero-order valence-corrected chi connectivity index (χ0v) is 11.7.